The van der Waals surface area contributed by atoms with Gasteiger partial charge in [-0.05, 0) is 42.7 Å². The van der Waals surface area contributed by atoms with Crippen molar-refractivity contribution >= 4 is 28.6 Å². The predicted molar refractivity (Wildman–Crippen MR) is 112 cm³/mol. The first-order valence-electron chi connectivity index (χ1n) is 8.57. The second-order valence-electron chi connectivity index (χ2n) is 6.21. The zero-order chi connectivity index (χ0) is 19.8. The smallest absolute Gasteiger partial charge is 0.271 e. The topological polar surface area (TPSA) is 88.0 Å². The quantitative estimate of drug-likeness (QED) is 0.536. The van der Waals surface area contributed by atoms with Crippen molar-refractivity contribution in [2.75, 3.05) is 19.1 Å². The highest BCUT2D eigenvalue weighted by Gasteiger charge is 2.19. The maximum Gasteiger partial charge on any atom is 0.271 e. The van der Waals surface area contributed by atoms with Crippen molar-refractivity contribution in [3.8, 4) is 22.8 Å². The normalized spacial score (nSPS) is 11.1. The van der Waals surface area contributed by atoms with Gasteiger partial charge in [-0.25, -0.2) is 9.67 Å². The predicted octanol–water partition coefficient (Wildman–Crippen LogP) is 3.10. The molecule has 0 radical (unpaired) electrons. The van der Waals surface area contributed by atoms with E-state index in [2.05, 4.69) is 5.10 Å². The van der Waals surface area contributed by atoms with E-state index in [4.69, 9.17) is 15.5 Å². The molecule has 0 bridgehead atoms. The van der Waals surface area contributed by atoms with E-state index in [0.717, 1.165) is 10.5 Å². The lowest BCUT2D eigenvalue weighted by atomic mass is 10.2. The van der Waals surface area contributed by atoms with Crippen LogP contribution in [-0.2, 0) is 7.05 Å². The van der Waals surface area contributed by atoms with Crippen LogP contribution in [0.25, 0.3) is 28.1 Å². The molecule has 142 valence electrons. The monoisotopic (exact) mass is 393 g/mol. The van der Waals surface area contributed by atoms with E-state index in [0.29, 0.717) is 28.3 Å². The Morgan fingerprint density at radius 3 is 2.36 bits per heavy atom. The Kier molecular flexibility index (Phi) is 4.56. The third-order valence-electron chi connectivity index (χ3n) is 4.56. The summed E-state index contributed by atoms with van der Waals surface area (Å²) in [5, 5.41) is 4.48. The van der Waals surface area contributed by atoms with Gasteiger partial charge in [-0.2, -0.15) is 5.10 Å². The summed E-state index contributed by atoms with van der Waals surface area (Å²) in [5.74, 6) is 1.40. The van der Waals surface area contributed by atoms with Crippen molar-refractivity contribution in [3.63, 3.8) is 0 Å². The van der Waals surface area contributed by atoms with Crippen LogP contribution in [0, 0.1) is 0 Å². The second-order valence-corrected chi connectivity index (χ2v) is 7.09. The van der Waals surface area contributed by atoms with E-state index < -0.39 is 0 Å². The third-order valence-corrected chi connectivity index (χ3v) is 5.31. The molecule has 2 N–H and O–H groups in total. The second kappa shape index (κ2) is 7.05. The fourth-order valence-electron chi connectivity index (χ4n) is 3.13. The van der Waals surface area contributed by atoms with Gasteiger partial charge in [0.15, 0.2) is 11.5 Å². The molecule has 0 aliphatic carbocycles. The molecule has 0 atom stereocenters. The van der Waals surface area contributed by atoms with E-state index in [1.165, 1.54) is 4.68 Å². The molecule has 0 amide bonds. The Labute approximate surface area is 165 Å². The molecule has 0 saturated heterocycles. The average Bonchev–Trinajstić information content (AvgIpc) is 3.02. The van der Waals surface area contributed by atoms with Crippen LogP contribution < -0.4 is 16.0 Å². The van der Waals surface area contributed by atoms with E-state index >= 15 is 0 Å². The molecule has 0 spiro atoms. The van der Waals surface area contributed by atoms with Gasteiger partial charge in [0.1, 0.15) is 17.0 Å². The molecule has 0 unspecified atom stereocenters. The molecule has 0 aliphatic rings. The molecular formula is C20H19N5O2S. The number of benzene rings is 2. The van der Waals surface area contributed by atoms with Crippen LogP contribution in [0.3, 0.4) is 0 Å². The molecule has 7 nitrogen and oxygen atoms in total. The first-order valence-corrected chi connectivity index (χ1v) is 9.80. The maximum absolute atomic E-state index is 13.4. The largest absolute Gasteiger partial charge is 0.497 e. The van der Waals surface area contributed by atoms with Gasteiger partial charge >= 0.3 is 0 Å². The minimum atomic E-state index is -0.260. The van der Waals surface area contributed by atoms with Crippen LogP contribution in [0.4, 0.5) is 5.82 Å². The van der Waals surface area contributed by atoms with Crippen molar-refractivity contribution in [2.45, 2.75) is 4.90 Å². The van der Waals surface area contributed by atoms with E-state index in [1.54, 1.807) is 42.6 Å². The summed E-state index contributed by atoms with van der Waals surface area (Å²) in [6.45, 7) is 0. The Hall–Kier alpha value is -3.26. The molecule has 8 heteroatoms. The average molecular weight is 393 g/mol. The molecule has 0 aliphatic heterocycles. The molecule has 28 heavy (non-hydrogen) atoms. The SMILES string of the molecule is COc1ccc(-n2c(-c3ccc(SC)cc3)nc3c(c(N)nn3C)c2=O)cc1. The first-order chi connectivity index (χ1) is 13.5. The van der Waals surface area contributed by atoms with Crippen molar-refractivity contribution in [1.82, 2.24) is 19.3 Å². The number of anilines is 1. The van der Waals surface area contributed by atoms with Gasteiger partial charge in [0, 0.05) is 17.5 Å². The number of methoxy groups -OCH3 is 1. The Bertz CT molecular complexity index is 1210. The molecule has 4 aromatic rings. The number of fused-ring (bicyclic) bond motifs is 1. The number of nitrogens with zero attached hydrogens (tertiary/aromatic N) is 4. The zero-order valence-corrected chi connectivity index (χ0v) is 16.5. The van der Waals surface area contributed by atoms with Crippen LogP contribution >= 0.6 is 11.8 Å². The maximum atomic E-state index is 13.4. The van der Waals surface area contributed by atoms with Gasteiger partial charge in [-0.15, -0.1) is 11.8 Å². The van der Waals surface area contributed by atoms with Crippen molar-refractivity contribution < 1.29 is 4.74 Å². The molecule has 4 rings (SSSR count). The molecule has 0 saturated carbocycles. The summed E-state index contributed by atoms with van der Waals surface area (Å²) < 4.78 is 8.33. The number of aromatic nitrogens is 4. The molecule has 2 aromatic carbocycles. The van der Waals surface area contributed by atoms with Crippen LogP contribution in [0.15, 0.2) is 58.2 Å². The van der Waals surface area contributed by atoms with Crippen molar-refractivity contribution in [1.29, 1.82) is 0 Å². The standard InChI is InChI=1S/C20H19N5O2S/c1-24-19-16(17(21)23-24)20(26)25(13-6-8-14(27-2)9-7-13)18(22-19)12-4-10-15(28-3)11-5-12/h4-11H,1-3H3,(H2,21,23). The fraction of sp³-hybridized carbons (Fsp3) is 0.150. The number of nitrogen functional groups attached to an aromatic ring is 1. The number of thioether (sulfide) groups is 1. The third kappa shape index (κ3) is 2.91. The molecule has 2 aromatic heterocycles. The Morgan fingerprint density at radius 1 is 1.07 bits per heavy atom. The Morgan fingerprint density at radius 2 is 1.75 bits per heavy atom. The van der Waals surface area contributed by atoms with Gasteiger partial charge < -0.3 is 10.5 Å². The summed E-state index contributed by atoms with van der Waals surface area (Å²) >= 11 is 1.66. The van der Waals surface area contributed by atoms with Crippen LogP contribution in [-0.4, -0.2) is 32.7 Å². The molecule has 0 fully saturated rings. The van der Waals surface area contributed by atoms with Crippen molar-refractivity contribution in [2.24, 2.45) is 7.05 Å². The highest BCUT2D eigenvalue weighted by molar-refractivity contribution is 7.98. The van der Waals surface area contributed by atoms with Crippen LogP contribution in [0.2, 0.25) is 0 Å². The lowest BCUT2D eigenvalue weighted by molar-refractivity contribution is 0.414. The highest BCUT2D eigenvalue weighted by Crippen LogP contribution is 2.26. The van der Waals surface area contributed by atoms with Gasteiger partial charge in [-0.1, -0.05) is 12.1 Å². The Balaban J connectivity index is 2.05. The number of ether oxygens (including phenoxy) is 1. The van der Waals surface area contributed by atoms with E-state index in [-0.39, 0.29) is 11.4 Å². The summed E-state index contributed by atoms with van der Waals surface area (Å²) in [6.07, 6.45) is 2.02. The van der Waals surface area contributed by atoms with Gasteiger partial charge in [-0.3, -0.25) is 9.36 Å². The lowest BCUT2D eigenvalue weighted by Crippen LogP contribution is -2.22. The van der Waals surface area contributed by atoms with E-state index in [1.807, 2.05) is 42.7 Å². The van der Waals surface area contributed by atoms with Crippen molar-refractivity contribution in [3.05, 3.63) is 58.9 Å². The summed E-state index contributed by atoms with van der Waals surface area (Å²) in [4.78, 5) is 19.3. The lowest BCUT2D eigenvalue weighted by Gasteiger charge is -2.14. The molecule has 2 heterocycles. The summed E-state index contributed by atoms with van der Waals surface area (Å²) in [6, 6.07) is 15.2. The van der Waals surface area contributed by atoms with Gasteiger partial charge in [0.25, 0.3) is 5.56 Å². The number of aryl methyl sites for hydroxylation is 1. The number of hydrogen-bond acceptors (Lipinski definition) is 6. The minimum absolute atomic E-state index is 0.168. The van der Waals surface area contributed by atoms with Gasteiger partial charge in [0.2, 0.25) is 0 Å². The highest BCUT2D eigenvalue weighted by atomic mass is 32.2. The number of hydrogen-bond donors (Lipinski definition) is 1. The minimum Gasteiger partial charge on any atom is -0.497 e. The number of rotatable bonds is 4. The van der Waals surface area contributed by atoms with Gasteiger partial charge in [0.05, 0.1) is 12.8 Å². The first kappa shape index (κ1) is 18.1. The van der Waals surface area contributed by atoms with Crippen LogP contribution in [0.1, 0.15) is 0 Å². The van der Waals surface area contributed by atoms with E-state index in [9.17, 15) is 4.79 Å². The molecular weight excluding hydrogens is 374 g/mol. The number of nitrogens with two attached hydrogens (primary N) is 1. The fourth-order valence-corrected chi connectivity index (χ4v) is 3.54. The summed E-state index contributed by atoms with van der Waals surface area (Å²) in [7, 11) is 3.33. The van der Waals surface area contributed by atoms with Crippen LogP contribution in [0.5, 0.6) is 5.75 Å². The summed E-state index contributed by atoms with van der Waals surface area (Å²) in [5.41, 5.74) is 7.68. The zero-order valence-electron chi connectivity index (χ0n) is 15.7.